The number of benzene rings is 2. The SMILES string of the molecule is Fc1cc(Br)c(Cl)cc1C(Br)c1ccccc1C(F)(F)F. The van der Waals surface area contributed by atoms with Crippen molar-refractivity contribution in [3.05, 3.63) is 68.4 Å². The van der Waals surface area contributed by atoms with E-state index in [1.807, 2.05) is 0 Å². The van der Waals surface area contributed by atoms with Crippen LogP contribution in [-0.4, -0.2) is 0 Å². The molecule has 0 heterocycles. The lowest BCUT2D eigenvalue weighted by molar-refractivity contribution is -0.138. The highest BCUT2D eigenvalue weighted by molar-refractivity contribution is 9.10. The Labute approximate surface area is 140 Å². The van der Waals surface area contributed by atoms with Gasteiger partial charge in [0.1, 0.15) is 5.82 Å². The van der Waals surface area contributed by atoms with Gasteiger partial charge in [0.2, 0.25) is 0 Å². The van der Waals surface area contributed by atoms with Crippen molar-refractivity contribution in [2.75, 3.05) is 0 Å². The third kappa shape index (κ3) is 3.60. The van der Waals surface area contributed by atoms with Gasteiger partial charge in [0, 0.05) is 10.0 Å². The minimum Gasteiger partial charge on any atom is -0.207 e. The molecule has 0 aliphatic carbocycles. The fraction of sp³-hybridized carbons (Fsp3) is 0.143. The first-order valence-corrected chi connectivity index (χ1v) is 7.75. The zero-order valence-corrected chi connectivity index (χ0v) is 14.1. The van der Waals surface area contributed by atoms with Crippen LogP contribution in [0.25, 0.3) is 0 Å². The summed E-state index contributed by atoms with van der Waals surface area (Å²) < 4.78 is 53.4. The first kappa shape index (κ1) is 16.8. The Balaban J connectivity index is 2.56. The Kier molecular flexibility index (Phi) is 5.00. The van der Waals surface area contributed by atoms with Crippen molar-refractivity contribution >= 4 is 43.5 Å². The van der Waals surface area contributed by atoms with Crippen LogP contribution >= 0.6 is 43.5 Å². The second-order valence-corrected chi connectivity index (χ2v) is 6.41. The van der Waals surface area contributed by atoms with Crippen molar-refractivity contribution in [2.45, 2.75) is 11.0 Å². The van der Waals surface area contributed by atoms with E-state index in [0.29, 0.717) is 4.47 Å². The maximum absolute atomic E-state index is 14.0. The van der Waals surface area contributed by atoms with Crippen LogP contribution in [0.2, 0.25) is 5.02 Å². The van der Waals surface area contributed by atoms with E-state index < -0.39 is 22.4 Å². The van der Waals surface area contributed by atoms with Crippen molar-refractivity contribution in [3.8, 4) is 0 Å². The van der Waals surface area contributed by atoms with E-state index in [1.165, 1.54) is 24.3 Å². The number of alkyl halides is 4. The molecule has 2 aromatic rings. The molecule has 0 saturated carbocycles. The quantitative estimate of drug-likeness (QED) is 0.272. The zero-order chi connectivity index (χ0) is 15.8. The van der Waals surface area contributed by atoms with Gasteiger partial charge < -0.3 is 0 Å². The predicted octanol–water partition coefficient (Wildman–Crippen LogP) is 6.74. The summed E-state index contributed by atoms with van der Waals surface area (Å²) in [6.07, 6.45) is -4.52. The molecule has 0 aliphatic rings. The van der Waals surface area contributed by atoms with E-state index in [9.17, 15) is 17.6 Å². The third-order valence-corrected chi connectivity index (χ3v) is 5.04. The average molecular weight is 446 g/mol. The van der Waals surface area contributed by atoms with E-state index in [-0.39, 0.29) is 16.1 Å². The van der Waals surface area contributed by atoms with Gasteiger partial charge >= 0.3 is 6.18 Å². The Morgan fingerprint density at radius 1 is 1.05 bits per heavy atom. The van der Waals surface area contributed by atoms with E-state index in [4.69, 9.17) is 11.6 Å². The molecule has 0 amide bonds. The summed E-state index contributed by atoms with van der Waals surface area (Å²) in [7, 11) is 0. The van der Waals surface area contributed by atoms with Crippen molar-refractivity contribution < 1.29 is 17.6 Å². The molecule has 0 N–H and O–H groups in total. The smallest absolute Gasteiger partial charge is 0.207 e. The second kappa shape index (κ2) is 6.26. The number of hydrogen-bond acceptors (Lipinski definition) is 0. The average Bonchev–Trinajstić information content (AvgIpc) is 2.41. The molecule has 0 aliphatic heterocycles. The van der Waals surface area contributed by atoms with Gasteiger partial charge in [-0.3, -0.25) is 0 Å². The fourth-order valence-corrected chi connectivity index (χ4v) is 3.11. The van der Waals surface area contributed by atoms with Crippen LogP contribution in [0.4, 0.5) is 17.6 Å². The minimum absolute atomic E-state index is 0.0416. The first-order valence-electron chi connectivity index (χ1n) is 5.66. The van der Waals surface area contributed by atoms with E-state index in [2.05, 4.69) is 31.9 Å². The summed E-state index contributed by atoms with van der Waals surface area (Å²) in [5.74, 6) is -0.648. The van der Waals surface area contributed by atoms with Gasteiger partial charge in [0.05, 0.1) is 15.4 Å². The van der Waals surface area contributed by atoms with E-state index >= 15 is 0 Å². The van der Waals surface area contributed by atoms with Gasteiger partial charge in [-0.25, -0.2) is 4.39 Å². The lowest BCUT2D eigenvalue weighted by Gasteiger charge is -2.18. The van der Waals surface area contributed by atoms with Crippen molar-refractivity contribution in [3.63, 3.8) is 0 Å². The topological polar surface area (TPSA) is 0 Å². The van der Waals surface area contributed by atoms with Crippen LogP contribution in [0.1, 0.15) is 21.5 Å². The zero-order valence-electron chi connectivity index (χ0n) is 10.2. The molecule has 112 valence electrons. The lowest BCUT2D eigenvalue weighted by Crippen LogP contribution is -2.11. The molecule has 0 saturated heterocycles. The molecule has 7 heteroatoms. The summed E-state index contributed by atoms with van der Waals surface area (Å²) in [6, 6.07) is 7.45. The maximum Gasteiger partial charge on any atom is 0.416 e. The van der Waals surface area contributed by atoms with Crippen LogP contribution in [0.15, 0.2) is 40.9 Å². The molecule has 1 atom stereocenters. The molecule has 0 spiro atoms. The van der Waals surface area contributed by atoms with E-state index in [1.54, 1.807) is 0 Å². The number of halogens is 7. The predicted molar refractivity (Wildman–Crippen MR) is 81.3 cm³/mol. The van der Waals surface area contributed by atoms with Crippen molar-refractivity contribution in [2.24, 2.45) is 0 Å². The molecule has 1 unspecified atom stereocenters. The molecular formula is C14H7Br2ClF4. The molecule has 2 rings (SSSR count). The third-order valence-electron chi connectivity index (χ3n) is 2.85. The molecule has 0 aromatic heterocycles. The summed E-state index contributed by atoms with van der Waals surface area (Å²) in [5.41, 5.74) is -0.840. The van der Waals surface area contributed by atoms with Crippen molar-refractivity contribution in [1.82, 2.24) is 0 Å². The van der Waals surface area contributed by atoms with Crippen LogP contribution in [-0.2, 0) is 6.18 Å². The van der Waals surface area contributed by atoms with Gasteiger partial charge in [-0.05, 0) is 39.7 Å². The summed E-state index contributed by atoms with van der Waals surface area (Å²) in [4.78, 5) is -0.957. The second-order valence-electron chi connectivity index (χ2n) is 4.24. The Hall–Kier alpha value is -0.590. The lowest BCUT2D eigenvalue weighted by atomic mass is 9.99. The van der Waals surface area contributed by atoms with E-state index in [0.717, 1.165) is 12.1 Å². The van der Waals surface area contributed by atoms with Gasteiger partial charge in [-0.2, -0.15) is 13.2 Å². The highest BCUT2D eigenvalue weighted by atomic mass is 79.9. The highest BCUT2D eigenvalue weighted by Gasteiger charge is 2.35. The van der Waals surface area contributed by atoms with Crippen LogP contribution in [0, 0.1) is 5.82 Å². The van der Waals surface area contributed by atoms with Crippen LogP contribution < -0.4 is 0 Å². The normalized spacial score (nSPS) is 13.3. The number of rotatable bonds is 2. The Morgan fingerprint density at radius 3 is 2.29 bits per heavy atom. The van der Waals surface area contributed by atoms with Crippen molar-refractivity contribution in [1.29, 1.82) is 0 Å². The van der Waals surface area contributed by atoms with Crippen LogP contribution in [0.3, 0.4) is 0 Å². The minimum atomic E-state index is -4.52. The molecule has 21 heavy (non-hydrogen) atoms. The maximum atomic E-state index is 14.0. The number of hydrogen-bond donors (Lipinski definition) is 0. The molecule has 0 fully saturated rings. The molecule has 2 aromatic carbocycles. The summed E-state index contributed by atoms with van der Waals surface area (Å²) >= 11 is 12.1. The standard InChI is InChI=1S/C14H7Br2ClF4/c15-10-6-12(18)8(5-11(10)17)13(16)7-3-1-2-4-9(7)14(19,20)21/h1-6,13H. The Morgan fingerprint density at radius 2 is 1.67 bits per heavy atom. The molecular weight excluding hydrogens is 439 g/mol. The van der Waals surface area contributed by atoms with Gasteiger partial charge in [-0.1, -0.05) is 45.7 Å². The highest BCUT2D eigenvalue weighted by Crippen LogP contribution is 2.42. The molecule has 0 bridgehead atoms. The fourth-order valence-electron chi connectivity index (χ4n) is 1.88. The summed E-state index contributed by atoms with van der Waals surface area (Å²) in [5, 5.41) is 0.223. The summed E-state index contributed by atoms with van der Waals surface area (Å²) in [6.45, 7) is 0. The Bertz CT molecular complexity index is 671. The van der Waals surface area contributed by atoms with Gasteiger partial charge in [0.25, 0.3) is 0 Å². The molecule has 0 radical (unpaired) electrons. The first-order chi connectivity index (χ1) is 9.71. The monoisotopic (exact) mass is 444 g/mol. The molecule has 0 nitrogen and oxygen atoms in total. The van der Waals surface area contributed by atoms with Crippen LogP contribution in [0.5, 0.6) is 0 Å². The largest absolute Gasteiger partial charge is 0.416 e. The van der Waals surface area contributed by atoms with Gasteiger partial charge in [-0.15, -0.1) is 0 Å². The van der Waals surface area contributed by atoms with Gasteiger partial charge in [0.15, 0.2) is 0 Å².